The van der Waals surface area contributed by atoms with Gasteiger partial charge in [-0.2, -0.15) is 0 Å². The van der Waals surface area contributed by atoms with Gasteiger partial charge in [0.05, 0.1) is 0 Å². The quantitative estimate of drug-likeness (QED) is 0.273. The van der Waals surface area contributed by atoms with Gasteiger partial charge in [0.1, 0.15) is 0 Å². The van der Waals surface area contributed by atoms with Gasteiger partial charge in [-0.05, 0) is 37.5 Å². The number of carbonyl (C=O) groups excluding carboxylic acids is 1. The molecule has 1 amide bonds. The smallest absolute Gasteiger partial charge is 0.237 e. The van der Waals surface area contributed by atoms with Crippen molar-refractivity contribution in [3.8, 4) is 0 Å². The molecule has 0 aliphatic heterocycles. The second-order valence-electron chi connectivity index (χ2n) is 4.20. The summed E-state index contributed by atoms with van der Waals surface area (Å²) >= 11 is 0. The van der Waals surface area contributed by atoms with E-state index in [1.54, 1.807) is 0 Å². The fraction of sp³-hybridized carbons (Fsp3) is 0.700. The number of nitrogens with one attached hydrogen (secondary N) is 1. The predicted molar refractivity (Wildman–Crippen MR) is 50.4 cm³/mol. The summed E-state index contributed by atoms with van der Waals surface area (Å²) in [6.07, 6.45) is 8.93. The third-order valence-corrected chi connectivity index (χ3v) is 3.23. The molecule has 0 saturated heterocycles. The Bertz CT molecular complexity index is 237. The lowest BCUT2D eigenvalue weighted by Gasteiger charge is -2.34. The van der Waals surface area contributed by atoms with Gasteiger partial charge in [-0.1, -0.05) is 12.2 Å². The summed E-state index contributed by atoms with van der Waals surface area (Å²) in [5, 5.41) is 0. The van der Waals surface area contributed by atoms with Crippen LogP contribution in [-0.4, -0.2) is 5.91 Å². The van der Waals surface area contributed by atoms with E-state index in [0.29, 0.717) is 11.8 Å². The normalized spacial score (nSPS) is 37.2. The molecular formula is C10H16N2O. The van der Waals surface area contributed by atoms with Crippen LogP contribution >= 0.6 is 0 Å². The van der Waals surface area contributed by atoms with Gasteiger partial charge in [0.15, 0.2) is 0 Å². The fourth-order valence-corrected chi connectivity index (χ4v) is 2.63. The standard InChI is InChI=1S/C10H16N2O/c11-12-10(13)9-5-7-2-1-3-8(4-7)6-9/h1-2,7-9H,3-6,11H2,(H,12,13)/t7-,8+,9-/m1/s1. The summed E-state index contributed by atoms with van der Waals surface area (Å²) in [6, 6.07) is 0. The van der Waals surface area contributed by atoms with Crippen LogP contribution in [0.25, 0.3) is 0 Å². The van der Waals surface area contributed by atoms with Crippen molar-refractivity contribution in [2.24, 2.45) is 23.6 Å². The van der Waals surface area contributed by atoms with Crippen molar-refractivity contribution in [1.29, 1.82) is 0 Å². The Morgan fingerprint density at radius 3 is 2.92 bits per heavy atom. The van der Waals surface area contributed by atoms with Gasteiger partial charge in [-0.3, -0.25) is 10.2 Å². The summed E-state index contributed by atoms with van der Waals surface area (Å²) in [4.78, 5) is 11.3. The van der Waals surface area contributed by atoms with Gasteiger partial charge in [0.2, 0.25) is 5.91 Å². The van der Waals surface area contributed by atoms with E-state index in [0.717, 1.165) is 19.3 Å². The van der Waals surface area contributed by atoms with Crippen LogP contribution in [0.5, 0.6) is 0 Å². The van der Waals surface area contributed by atoms with Crippen LogP contribution in [0.1, 0.15) is 25.7 Å². The number of amides is 1. The number of hydrogen-bond acceptors (Lipinski definition) is 2. The Kier molecular flexibility index (Phi) is 2.36. The lowest BCUT2D eigenvalue weighted by Crippen LogP contribution is -2.40. The van der Waals surface area contributed by atoms with Crippen LogP contribution < -0.4 is 11.3 Å². The van der Waals surface area contributed by atoms with Gasteiger partial charge in [0, 0.05) is 5.92 Å². The Morgan fingerprint density at radius 2 is 2.23 bits per heavy atom. The van der Waals surface area contributed by atoms with Crippen molar-refractivity contribution in [2.75, 3.05) is 0 Å². The molecule has 2 rings (SSSR count). The first kappa shape index (κ1) is 8.75. The van der Waals surface area contributed by atoms with Gasteiger partial charge in [0.25, 0.3) is 0 Å². The number of carbonyl (C=O) groups is 1. The second-order valence-corrected chi connectivity index (χ2v) is 4.20. The molecule has 3 N–H and O–H groups in total. The molecule has 0 spiro atoms. The highest BCUT2D eigenvalue weighted by Crippen LogP contribution is 2.39. The van der Waals surface area contributed by atoms with Crippen molar-refractivity contribution in [1.82, 2.24) is 5.43 Å². The summed E-state index contributed by atoms with van der Waals surface area (Å²) in [5.74, 6) is 6.64. The Morgan fingerprint density at radius 1 is 1.38 bits per heavy atom. The maximum absolute atomic E-state index is 11.3. The van der Waals surface area contributed by atoms with Gasteiger partial charge in [-0.15, -0.1) is 0 Å². The van der Waals surface area contributed by atoms with E-state index in [2.05, 4.69) is 17.6 Å². The molecule has 0 aromatic carbocycles. The zero-order valence-corrected chi connectivity index (χ0v) is 7.70. The number of hydrogen-bond donors (Lipinski definition) is 2. The largest absolute Gasteiger partial charge is 0.294 e. The van der Waals surface area contributed by atoms with Crippen molar-refractivity contribution in [3.05, 3.63) is 12.2 Å². The third kappa shape index (κ3) is 1.75. The van der Waals surface area contributed by atoms with Crippen LogP contribution in [-0.2, 0) is 4.79 Å². The number of hydrazine groups is 1. The first-order valence-electron chi connectivity index (χ1n) is 4.96. The molecule has 72 valence electrons. The first-order chi connectivity index (χ1) is 6.29. The van der Waals surface area contributed by atoms with Gasteiger partial charge < -0.3 is 0 Å². The summed E-state index contributed by atoms with van der Waals surface area (Å²) in [6.45, 7) is 0. The van der Waals surface area contributed by atoms with E-state index in [-0.39, 0.29) is 11.8 Å². The summed E-state index contributed by atoms with van der Waals surface area (Å²) < 4.78 is 0. The highest BCUT2D eigenvalue weighted by Gasteiger charge is 2.32. The van der Waals surface area contributed by atoms with Crippen LogP contribution in [0.2, 0.25) is 0 Å². The van der Waals surface area contributed by atoms with Crippen LogP contribution in [0, 0.1) is 17.8 Å². The molecule has 0 radical (unpaired) electrons. The average Bonchev–Trinajstić information content (AvgIpc) is 2.16. The monoisotopic (exact) mass is 180 g/mol. The van der Waals surface area contributed by atoms with E-state index in [9.17, 15) is 4.79 Å². The Hall–Kier alpha value is -0.830. The number of fused-ring (bicyclic) bond motifs is 2. The lowest BCUT2D eigenvalue weighted by atomic mass is 9.71. The van der Waals surface area contributed by atoms with Crippen molar-refractivity contribution >= 4 is 5.91 Å². The van der Waals surface area contributed by atoms with Crippen LogP contribution in [0.15, 0.2) is 12.2 Å². The predicted octanol–water partition coefficient (Wildman–Crippen LogP) is 0.969. The molecule has 3 nitrogen and oxygen atoms in total. The molecule has 1 saturated carbocycles. The van der Waals surface area contributed by atoms with Crippen molar-refractivity contribution < 1.29 is 4.79 Å². The molecule has 2 bridgehead atoms. The topological polar surface area (TPSA) is 55.1 Å². The van der Waals surface area contributed by atoms with Gasteiger partial charge >= 0.3 is 0 Å². The van der Waals surface area contributed by atoms with E-state index >= 15 is 0 Å². The fourth-order valence-electron chi connectivity index (χ4n) is 2.63. The zero-order chi connectivity index (χ0) is 9.26. The maximum atomic E-state index is 11.3. The molecule has 0 unspecified atom stereocenters. The van der Waals surface area contributed by atoms with E-state index in [1.165, 1.54) is 6.42 Å². The lowest BCUT2D eigenvalue weighted by molar-refractivity contribution is -0.127. The average molecular weight is 180 g/mol. The summed E-state index contributed by atoms with van der Waals surface area (Å²) in [7, 11) is 0. The van der Waals surface area contributed by atoms with Crippen molar-refractivity contribution in [3.63, 3.8) is 0 Å². The van der Waals surface area contributed by atoms with E-state index < -0.39 is 0 Å². The molecule has 2 aliphatic carbocycles. The van der Waals surface area contributed by atoms with E-state index in [1.807, 2.05) is 0 Å². The minimum Gasteiger partial charge on any atom is -0.294 e. The molecule has 0 aromatic heterocycles. The molecule has 13 heavy (non-hydrogen) atoms. The number of nitrogens with two attached hydrogens (primary N) is 1. The van der Waals surface area contributed by atoms with Crippen molar-refractivity contribution in [2.45, 2.75) is 25.7 Å². The molecule has 1 fully saturated rings. The number of rotatable bonds is 1. The van der Waals surface area contributed by atoms with Crippen LogP contribution in [0.3, 0.4) is 0 Å². The maximum Gasteiger partial charge on any atom is 0.237 e. The highest BCUT2D eigenvalue weighted by molar-refractivity contribution is 5.78. The first-order valence-corrected chi connectivity index (χ1v) is 4.96. The zero-order valence-electron chi connectivity index (χ0n) is 7.70. The molecule has 2 aliphatic rings. The van der Waals surface area contributed by atoms with Crippen LogP contribution in [0.4, 0.5) is 0 Å². The SMILES string of the molecule is NNC(=O)[C@@H]1C[C@@H]2C=CC[C@@H](C2)C1. The Balaban J connectivity index is 2.03. The highest BCUT2D eigenvalue weighted by atomic mass is 16.2. The molecule has 0 heterocycles. The van der Waals surface area contributed by atoms with Gasteiger partial charge in [-0.25, -0.2) is 5.84 Å². The minimum atomic E-state index is 0.0185. The molecule has 3 heteroatoms. The molecular weight excluding hydrogens is 164 g/mol. The third-order valence-electron chi connectivity index (χ3n) is 3.23. The minimum absolute atomic E-state index is 0.0185. The molecule has 0 aromatic rings. The second kappa shape index (κ2) is 3.50. The molecule has 3 atom stereocenters. The number of allylic oxidation sites excluding steroid dienone is 2. The summed E-state index contributed by atoms with van der Waals surface area (Å²) in [5.41, 5.74) is 2.26. The van der Waals surface area contributed by atoms with E-state index in [4.69, 9.17) is 5.84 Å². The Labute approximate surface area is 78.3 Å².